The first-order valence-electron chi connectivity index (χ1n) is 17.6. The molecule has 4 atom stereocenters. The molecule has 1 aliphatic heterocycles. The maximum absolute atomic E-state index is 14.7. The summed E-state index contributed by atoms with van der Waals surface area (Å²) in [5, 5.41) is 30.7. The molecule has 1 saturated heterocycles. The summed E-state index contributed by atoms with van der Waals surface area (Å²) in [4.78, 5) is 18.2. The largest absolute Gasteiger partial charge is 0.388 e. The number of aliphatic hydroxyl groups is 2. The first-order valence-corrected chi connectivity index (χ1v) is 17.6. The van der Waals surface area contributed by atoms with Crippen LogP contribution in [0.4, 0.5) is 16.2 Å². The van der Waals surface area contributed by atoms with E-state index >= 15 is 0 Å². The van der Waals surface area contributed by atoms with E-state index in [2.05, 4.69) is 74.7 Å². The minimum Gasteiger partial charge on any atom is -0.388 e. The van der Waals surface area contributed by atoms with Gasteiger partial charge in [-0.25, -0.2) is 4.79 Å². The normalized spacial score (nSPS) is 18.9. The van der Waals surface area contributed by atoms with Gasteiger partial charge in [0.2, 0.25) is 0 Å². The molecule has 2 amide bonds. The van der Waals surface area contributed by atoms with Gasteiger partial charge in [0, 0.05) is 37.6 Å². The van der Waals surface area contributed by atoms with Crippen molar-refractivity contribution in [1.82, 2.24) is 9.80 Å². The second-order valence-electron chi connectivity index (χ2n) is 13.5. The number of carbonyl (C=O) groups is 1. The van der Waals surface area contributed by atoms with Crippen LogP contribution in [0.1, 0.15) is 33.4 Å². The van der Waals surface area contributed by atoms with E-state index in [1.165, 1.54) is 22.3 Å². The van der Waals surface area contributed by atoms with Gasteiger partial charge in [0.15, 0.2) is 0 Å². The summed E-state index contributed by atoms with van der Waals surface area (Å²) in [5.41, 5.74) is 8.87. The molecule has 0 bridgehead atoms. The lowest BCUT2D eigenvalue weighted by Crippen LogP contribution is -2.51. The first-order chi connectivity index (χ1) is 24.2. The Balaban J connectivity index is 0.00000364. The van der Waals surface area contributed by atoms with Crippen LogP contribution in [0.15, 0.2) is 121 Å². The van der Waals surface area contributed by atoms with Gasteiger partial charge in [-0.1, -0.05) is 97.1 Å². The smallest absolute Gasteiger partial charge is 0.321 e. The second kappa shape index (κ2) is 20.7. The zero-order chi connectivity index (χ0) is 35.5. The van der Waals surface area contributed by atoms with Crippen LogP contribution in [0.3, 0.4) is 0 Å². The zero-order valence-electron chi connectivity index (χ0n) is 30.6. The lowest BCUT2D eigenvalue weighted by Gasteiger charge is -2.34. The van der Waals surface area contributed by atoms with Crippen LogP contribution >= 0.6 is 24.8 Å². The fourth-order valence-corrected chi connectivity index (χ4v) is 6.92. The molecule has 5 rings (SSSR count). The van der Waals surface area contributed by atoms with Crippen molar-refractivity contribution >= 4 is 42.2 Å². The highest BCUT2D eigenvalue weighted by Crippen LogP contribution is 2.27. The van der Waals surface area contributed by atoms with E-state index in [-0.39, 0.29) is 30.8 Å². The average Bonchev–Trinajstić information content (AvgIpc) is 3.14. The molecule has 1 aliphatic rings. The van der Waals surface area contributed by atoms with E-state index in [0.717, 1.165) is 22.5 Å². The van der Waals surface area contributed by atoms with Gasteiger partial charge >= 0.3 is 6.03 Å². The molecule has 4 aromatic rings. The molecule has 278 valence electrons. The third-order valence-corrected chi connectivity index (χ3v) is 9.23. The number of carbonyl (C=O) groups excluding carboxylic acids is 1. The number of halogens is 2. The van der Waals surface area contributed by atoms with Crippen molar-refractivity contribution in [3.63, 3.8) is 0 Å². The third-order valence-electron chi connectivity index (χ3n) is 9.23. The number of rotatable bonds is 14. The minimum atomic E-state index is -1.16. The number of amides is 2. The number of nitrogens with zero attached hydrogens (tertiary/aromatic N) is 2. The quantitative estimate of drug-likeness (QED) is 0.0982. The number of hydrogen-bond donors (Lipinski definition) is 4. The topological polar surface area (TPSA) is 88.1 Å². The Morgan fingerprint density at radius 2 is 0.904 bits per heavy atom. The van der Waals surface area contributed by atoms with Crippen molar-refractivity contribution in [3.8, 4) is 0 Å². The molecule has 9 heteroatoms. The third kappa shape index (κ3) is 11.9. The fourth-order valence-electron chi connectivity index (χ4n) is 6.92. The molecule has 4 aromatic carbocycles. The van der Waals surface area contributed by atoms with Crippen LogP contribution < -0.4 is 10.6 Å². The molecule has 0 saturated carbocycles. The van der Waals surface area contributed by atoms with Crippen molar-refractivity contribution in [1.29, 1.82) is 0 Å². The number of nitrogens with one attached hydrogen (secondary N) is 2. The maximum atomic E-state index is 14.7. The van der Waals surface area contributed by atoms with Crippen LogP contribution in [0, 0.1) is 27.7 Å². The summed E-state index contributed by atoms with van der Waals surface area (Å²) in [6.07, 6.45) is 6.51. The van der Waals surface area contributed by atoms with Crippen LogP contribution in [0.25, 0.3) is 0 Å². The SMILES string of the molecule is Cc1cc(C)cc(NC/C=C/CN2C(=O)N(C/C=C/CNc3cc(C)cc(C)c3)[C@H](Cc3ccccc3)[C@H](O)[C@@H](O)[C@H]2Cc2ccccc2)c1.Cl.Cl. The van der Waals surface area contributed by atoms with E-state index in [1.54, 1.807) is 9.80 Å². The molecular formula is C43H54Cl2N4O3. The number of urea groups is 1. The van der Waals surface area contributed by atoms with Crippen molar-refractivity contribution in [2.24, 2.45) is 0 Å². The van der Waals surface area contributed by atoms with Crippen LogP contribution in [-0.4, -0.2) is 76.5 Å². The number of hydrogen-bond acceptors (Lipinski definition) is 5. The molecule has 0 aliphatic carbocycles. The molecular weight excluding hydrogens is 691 g/mol. The van der Waals surface area contributed by atoms with Gasteiger partial charge in [0.25, 0.3) is 0 Å². The highest BCUT2D eigenvalue weighted by molar-refractivity contribution is 5.85. The van der Waals surface area contributed by atoms with Gasteiger partial charge in [-0.3, -0.25) is 0 Å². The summed E-state index contributed by atoms with van der Waals surface area (Å²) in [7, 11) is 0. The van der Waals surface area contributed by atoms with E-state index in [1.807, 2.05) is 85.0 Å². The predicted molar refractivity (Wildman–Crippen MR) is 220 cm³/mol. The number of aliphatic hydroxyl groups excluding tert-OH is 2. The van der Waals surface area contributed by atoms with Crippen molar-refractivity contribution in [2.75, 3.05) is 36.8 Å². The Kier molecular flexibility index (Phi) is 16.8. The maximum Gasteiger partial charge on any atom is 0.321 e. The van der Waals surface area contributed by atoms with Crippen LogP contribution in [-0.2, 0) is 12.8 Å². The predicted octanol–water partition coefficient (Wildman–Crippen LogP) is 8.08. The highest BCUT2D eigenvalue weighted by atomic mass is 35.5. The van der Waals surface area contributed by atoms with E-state index in [0.29, 0.717) is 39.0 Å². The van der Waals surface area contributed by atoms with Crippen molar-refractivity contribution in [3.05, 3.63) is 155 Å². The van der Waals surface area contributed by atoms with Crippen molar-refractivity contribution in [2.45, 2.75) is 64.8 Å². The van der Waals surface area contributed by atoms with Gasteiger partial charge in [0.1, 0.15) is 12.2 Å². The van der Waals surface area contributed by atoms with Crippen molar-refractivity contribution < 1.29 is 15.0 Å². The summed E-state index contributed by atoms with van der Waals surface area (Å²) < 4.78 is 0. The Morgan fingerprint density at radius 3 is 1.25 bits per heavy atom. The minimum absolute atomic E-state index is 0. The van der Waals surface area contributed by atoms with Gasteiger partial charge in [0.05, 0.1) is 12.1 Å². The van der Waals surface area contributed by atoms with Crippen LogP contribution in [0.2, 0.25) is 0 Å². The standard InChI is InChI=1S/C43H52N4O3.2ClH/c1-31-23-32(2)26-37(25-31)44-19-11-13-21-46-39(29-35-15-7-5-8-16-35)41(48)42(49)40(30-36-17-9-6-10-18-36)47(43(46)50)22-14-12-20-45-38-27-33(3)24-34(4)28-38;;/h5-18,23-28,39-42,44-45,48-49H,19-22,29-30H2,1-4H3;2*1H/b13-11+,14-12+;;/t39-,40-,41+,42+;;/m1../s1. The molecule has 0 radical (unpaired) electrons. The molecule has 1 heterocycles. The fraction of sp³-hybridized carbons (Fsp3) is 0.326. The molecule has 1 fully saturated rings. The zero-order valence-corrected chi connectivity index (χ0v) is 32.2. The number of aryl methyl sites for hydroxylation is 4. The highest BCUT2D eigenvalue weighted by Gasteiger charge is 2.45. The Labute approximate surface area is 322 Å². The van der Waals surface area contributed by atoms with E-state index in [4.69, 9.17) is 0 Å². The Morgan fingerprint density at radius 1 is 0.558 bits per heavy atom. The van der Waals surface area contributed by atoms with Gasteiger partial charge in [-0.05, 0) is 98.2 Å². The van der Waals surface area contributed by atoms with E-state index in [9.17, 15) is 15.0 Å². The Hall–Kier alpha value is -4.27. The van der Waals surface area contributed by atoms with Gasteiger partial charge in [-0.15, -0.1) is 24.8 Å². The summed E-state index contributed by atoms with van der Waals surface area (Å²) >= 11 is 0. The summed E-state index contributed by atoms with van der Waals surface area (Å²) in [6, 6.07) is 31.0. The summed E-state index contributed by atoms with van der Waals surface area (Å²) in [5.74, 6) is 0. The number of anilines is 2. The van der Waals surface area contributed by atoms with Gasteiger partial charge < -0.3 is 30.6 Å². The Bertz CT molecular complexity index is 1580. The van der Waals surface area contributed by atoms with E-state index < -0.39 is 24.3 Å². The molecule has 0 unspecified atom stereocenters. The lowest BCUT2D eigenvalue weighted by molar-refractivity contribution is -0.0377. The second-order valence-corrected chi connectivity index (χ2v) is 13.5. The average molecular weight is 746 g/mol. The first kappa shape index (κ1) is 42.1. The number of benzene rings is 4. The lowest BCUT2D eigenvalue weighted by atomic mass is 9.91. The molecule has 4 N–H and O–H groups in total. The molecule has 0 aromatic heterocycles. The molecule has 52 heavy (non-hydrogen) atoms. The monoisotopic (exact) mass is 744 g/mol. The molecule has 7 nitrogen and oxygen atoms in total. The summed E-state index contributed by atoms with van der Waals surface area (Å²) in [6.45, 7) is 10.1. The van der Waals surface area contributed by atoms with Gasteiger partial charge in [-0.2, -0.15) is 0 Å². The van der Waals surface area contributed by atoms with Crippen LogP contribution in [0.5, 0.6) is 0 Å². The molecule has 0 spiro atoms.